The molecule has 1 unspecified atom stereocenters. The molecule has 0 aliphatic carbocycles. The zero-order valence-electron chi connectivity index (χ0n) is 56.8. The SMILES string of the molecule is CC[C@H](C)[C@H](NC(=O)[C@H](CCCN=C(N)N)NC(=O)[C@H](CCCN=C(N)N)NC(=O)C(CN)NC(=O)[C@H](Cc1ccccc1)NC(=O)[C@H](C)NC(=O)[C@@H](CC(=O)O)NC(=O)[C@@H](N)Cc1ccc(O)cc1)C(=O)N[C@@H](CCCN=C(N)N)C(=O)N1CCC[C@H]1C(=O)N[C@@H](CCCCN)C(N)=O. The Morgan fingerprint density at radius 3 is 1.51 bits per heavy atom. The monoisotopic (exact) mass is 1410 g/mol. The maximum absolute atomic E-state index is 14.7. The average molecular weight is 1410 g/mol. The van der Waals surface area contributed by atoms with E-state index in [0.29, 0.717) is 43.4 Å². The van der Waals surface area contributed by atoms with E-state index >= 15 is 0 Å². The fraction of sp³-hybridized carbons (Fsp3) is 0.571. The predicted octanol–water partition coefficient (Wildman–Crippen LogP) is -6.87. The van der Waals surface area contributed by atoms with Crippen molar-refractivity contribution in [1.29, 1.82) is 0 Å². The van der Waals surface area contributed by atoms with E-state index in [4.69, 9.17) is 57.3 Å². The number of benzene rings is 2. The van der Waals surface area contributed by atoms with Crippen LogP contribution in [0, 0.1) is 5.92 Å². The van der Waals surface area contributed by atoms with Crippen LogP contribution in [0.1, 0.15) is 115 Å². The van der Waals surface area contributed by atoms with Gasteiger partial charge in [-0.1, -0.05) is 62.7 Å². The highest BCUT2D eigenvalue weighted by atomic mass is 16.4. The first-order chi connectivity index (χ1) is 47.4. The number of rotatable bonds is 45. The number of carboxylic acid groups (broad SMARTS) is 1. The Labute approximate surface area is 579 Å². The molecule has 1 saturated heterocycles. The van der Waals surface area contributed by atoms with E-state index in [0.717, 1.165) is 0 Å². The summed E-state index contributed by atoms with van der Waals surface area (Å²) >= 11 is 0. The predicted molar refractivity (Wildman–Crippen MR) is 370 cm³/mol. The second kappa shape index (κ2) is 43.8. The van der Waals surface area contributed by atoms with Crippen molar-refractivity contribution in [2.45, 2.75) is 184 Å². The standard InChI is InChI=1S/C63H103N23O14/c1-4-34(2)49(59(99)81-43(19-12-28-76-63(72)73)60(100)86-29-13-20-47(86)58(98)78-40(50(67)90)16-8-9-25-64)85-54(94)42(18-11-27-75-62(70)71)79-53(93)41(17-10-26-74-61(68)69)80-57(97)46(33-65)84-56(96)44(31-36-14-6-5-7-15-36)82-51(91)35(3)77-55(95)45(32-48(88)89)83-52(92)39(66)30-37-21-23-38(87)24-22-37/h5-7,14-15,21-24,34-35,39-47,49,87H,4,8-13,16-20,25-33,64-66H2,1-3H3,(H2,67,90)(H,77,95)(H,78,98)(H,79,93)(H,80,97)(H,81,99)(H,82,91)(H,83,92)(H,84,96)(H,85,94)(H,88,89)(H4,68,69,74)(H4,70,71,75)(H4,72,73,76)/t34-,35-,39-,40-,41-,42-,43-,44-,45+,46?,47-,49-/m0/s1. The molecule has 0 saturated carbocycles. The number of carbonyl (C=O) groups is 12. The van der Waals surface area contributed by atoms with E-state index in [1.165, 1.54) is 36.1 Å². The lowest BCUT2D eigenvalue weighted by molar-refractivity contribution is -0.142. The molecule has 0 aromatic heterocycles. The number of phenols is 1. The molecule has 1 fully saturated rings. The number of aliphatic carboxylic acids is 1. The van der Waals surface area contributed by atoms with E-state index in [1.54, 1.807) is 44.2 Å². The highest BCUT2D eigenvalue weighted by Gasteiger charge is 2.41. The molecule has 2 aromatic rings. The number of unbranched alkanes of at least 4 members (excludes halogenated alkanes) is 1. The number of hydrogen-bond donors (Lipinski definition) is 21. The molecule has 37 nitrogen and oxygen atoms in total. The van der Waals surface area contributed by atoms with Gasteiger partial charge in [-0.25, -0.2) is 0 Å². The van der Waals surface area contributed by atoms with Crippen molar-refractivity contribution in [3.05, 3.63) is 65.7 Å². The number of likely N-dealkylation sites (tertiary alicyclic amines) is 1. The second-order valence-corrected chi connectivity index (χ2v) is 24.3. The molecule has 37 heteroatoms. The van der Waals surface area contributed by atoms with Crippen molar-refractivity contribution in [2.75, 3.05) is 39.3 Å². The van der Waals surface area contributed by atoms with Gasteiger partial charge in [-0.05, 0) is 120 Å². The summed E-state index contributed by atoms with van der Waals surface area (Å²) in [7, 11) is 0. The third-order valence-corrected chi connectivity index (χ3v) is 16.2. The number of carboxylic acids is 1. The summed E-state index contributed by atoms with van der Waals surface area (Å²) in [5.41, 5.74) is 58.0. The van der Waals surface area contributed by atoms with Crippen molar-refractivity contribution in [1.82, 2.24) is 52.8 Å². The number of nitrogens with two attached hydrogens (primary N) is 10. The highest BCUT2D eigenvalue weighted by Crippen LogP contribution is 2.22. The van der Waals surface area contributed by atoms with Gasteiger partial charge < -0.3 is 120 Å². The fourth-order valence-electron chi connectivity index (χ4n) is 10.5. The van der Waals surface area contributed by atoms with Gasteiger partial charge in [0.2, 0.25) is 65.0 Å². The number of carbonyl (C=O) groups excluding carboxylic acids is 11. The van der Waals surface area contributed by atoms with Crippen LogP contribution in [-0.2, 0) is 70.4 Å². The first-order valence-corrected chi connectivity index (χ1v) is 33.1. The van der Waals surface area contributed by atoms with Crippen LogP contribution in [0.15, 0.2) is 69.6 Å². The third kappa shape index (κ3) is 30.1. The normalized spacial score (nSPS) is 15.8. The summed E-state index contributed by atoms with van der Waals surface area (Å²) in [6.45, 7) is 4.49. The number of guanidine groups is 3. The summed E-state index contributed by atoms with van der Waals surface area (Å²) in [6.07, 6.45) is 0.925. The lowest BCUT2D eigenvalue weighted by Gasteiger charge is -2.32. The van der Waals surface area contributed by atoms with Crippen LogP contribution in [0.25, 0.3) is 0 Å². The number of primary amides is 1. The van der Waals surface area contributed by atoms with Gasteiger partial charge in [-0.3, -0.25) is 72.5 Å². The molecule has 554 valence electrons. The minimum Gasteiger partial charge on any atom is -0.508 e. The maximum atomic E-state index is 14.7. The molecule has 100 heavy (non-hydrogen) atoms. The Morgan fingerprint density at radius 1 is 0.520 bits per heavy atom. The lowest BCUT2D eigenvalue weighted by Crippen LogP contribution is -2.62. The Balaban J connectivity index is 1.93. The number of aromatic hydroxyl groups is 1. The molecular formula is C63H103N23O14. The highest BCUT2D eigenvalue weighted by molar-refractivity contribution is 6.00. The van der Waals surface area contributed by atoms with Crippen molar-refractivity contribution in [3.63, 3.8) is 0 Å². The molecule has 3 rings (SSSR count). The van der Waals surface area contributed by atoms with Gasteiger partial charge in [0, 0.05) is 39.1 Å². The van der Waals surface area contributed by atoms with E-state index in [1.807, 2.05) is 0 Å². The maximum Gasteiger partial charge on any atom is 0.305 e. The first kappa shape index (κ1) is 83.8. The van der Waals surface area contributed by atoms with Crippen LogP contribution in [0.2, 0.25) is 0 Å². The molecule has 11 amide bonds. The molecule has 1 heterocycles. The molecule has 31 N–H and O–H groups in total. The average Bonchev–Trinajstić information content (AvgIpc) is 1.53. The quantitative estimate of drug-likeness (QED) is 0.0166. The first-order valence-electron chi connectivity index (χ1n) is 33.1. The number of phenolic OH excluding ortho intramolecular Hbond substituents is 1. The van der Waals surface area contributed by atoms with Gasteiger partial charge in [0.1, 0.15) is 66.2 Å². The van der Waals surface area contributed by atoms with Gasteiger partial charge in [0.15, 0.2) is 17.9 Å². The Hall–Kier alpha value is -10.4. The summed E-state index contributed by atoms with van der Waals surface area (Å²) in [4.78, 5) is 179. The van der Waals surface area contributed by atoms with Gasteiger partial charge in [-0.15, -0.1) is 0 Å². The van der Waals surface area contributed by atoms with E-state index in [9.17, 15) is 67.7 Å². The third-order valence-electron chi connectivity index (χ3n) is 16.2. The van der Waals surface area contributed by atoms with E-state index < -0.39 is 156 Å². The van der Waals surface area contributed by atoms with Crippen LogP contribution >= 0.6 is 0 Å². The van der Waals surface area contributed by atoms with Crippen molar-refractivity contribution in [3.8, 4) is 5.75 Å². The minimum absolute atomic E-state index is 0.0310. The van der Waals surface area contributed by atoms with Crippen molar-refractivity contribution >= 4 is 88.8 Å². The number of hydrogen-bond acceptors (Lipinski definition) is 19. The van der Waals surface area contributed by atoms with Crippen molar-refractivity contribution < 1.29 is 67.7 Å². The molecule has 1 aliphatic heterocycles. The summed E-state index contributed by atoms with van der Waals surface area (Å²) in [5.74, 6) is -12.6. The molecule has 0 spiro atoms. The smallest absolute Gasteiger partial charge is 0.305 e. The van der Waals surface area contributed by atoms with Gasteiger partial charge in [0.05, 0.1) is 12.5 Å². The minimum atomic E-state index is -1.72. The number of nitrogens with one attached hydrogen (secondary N) is 9. The van der Waals surface area contributed by atoms with Gasteiger partial charge in [0.25, 0.3) is 0 Å². The van der Waals surface area contributed by atoms with E-state index in [-0.39, 0.29) is 114 Å². The lowest BCUT2D eigenvalue weighted by atomic mass is 9.96. The van der Waals surface area contributed by atoms with Crippen molar-refractivity contribution in [2.24, 2.45) is 78.2 Å². The molecular weight excluding hydrogens is 1300 g/mol. The summed E-state index contributed by atoms with van der Waals surface area (Å²) in [5, 5.41) is 42.4. The van der Waals surface area contributed by atoms with Crippen LogP contribution in [0.3, 0.4) is 0 Å². The van der Waals surface area contributed by atoms with Crippen LogP contribution in [-0.4, -0.2) is 210 Å². The Kier molecular flexibility index (Phi) is 36.7. The second-order valence-electron chi connectivity index (χ2n) is 24.3. The number of amides is 11. The molecule has 0 radical (unpaired) electrons. The molecule has 1 aliphatic rings. The number of nitrogens with zero attached hydrogens (tertiary/aromatic N) is 4. The Morgan fingerprint density at radius 2 is 0.990 bits per heavy atom. The van der Waals surface area contributed by atoms with Crippen LogP contribution in [0.5, 0.6) is 5.75 Å². The number of aliphatic imine (C=N–C) groups is 3. The largest absolute Gasteiger partial charge is 0.508 e. The summed E-state index contributed by atoms with van der Waals surface area (Å²) < 4.78 is 0. The van der Waals surface area contributed by atoms with E-state index in [2.05, 4.69) is 62.8 Å². The van der Waals surface area contributed by atoms with Gasteiger partial charge in [-0.2, -0.15) is 0 Å². The molecule has 2 aromatic carbocycles. The zero-order chi connectivity index (χ0) is 74.6. The zero-order valence-corrected chi connectivity index (χ0v) is 56.8. The molecule has 0 bridgehead atoms. The summed E-state index contributed by atoms with van der Waals surface area (Å²) in [6, 6.07) is -1.28. The topological polar surface area (TPSA) is 654 Å². The van der Waals surface area contributed by atoms with Crippen LogP contribution in [0.4, 0.5) is 0 Å². The van der Waals surface area contributed by atoms with Gasteiger partial charge >= 0.3 is 5.97 Å². The molecule has 12 atom stereocenters. The Bertz CT molecular complexity index is 3150. The fourth-order valence-corrected chi connectivity index (χ4v) is 10.5. The van der Waals surface area contributed by atoms with Crippen LogP contribution < -0.4 is 105 Å².